The highest BCUT2D eigenvalue weighted by molar-refractivity contribution is 9.10. The number of amides is 1. The third-order valence-corrected chi connectivity index (χ3v) is 3.74. The Labute approximate surface area is 144 Å². The van der Waals surface area contributed by atoms with Crippen LogP contribution in [-0.2, 0) is 4.79 Å². The molecule has 0 radical (unpaired) electrons. The van der Waals surface area contributed by atoms with Gasteiger partial charge in [-0.25, -0.2) is 0 Å². The van der Waals surface area contributed by atoms with E-state index in [1.165, 1.54) is 0 Å². The summed E-state index contributed by atoms with van der Waals surface area (Å²) in [5.41, 5.74) is 2.23. The quantitative estimate of drug-likeness (QED) is 0.749. The third-order valence-electron chi connectivity index (χ3n) is 3.21. The van der Waals surface area contributed by atoms with Gasteiger partial charge in [-0.1, -0.05) is 28.1 Å². The van der Waals surface area contributed by atoms with Gasteiger partial charge in [0.25, 0.3) is 5.91 Å². The second-order valence-electron chi connectivity index (χ2n) is 5.21. The first-order chi connectivity index (χ1) is 11.0. The molecule has 0 bridgehead atoms. The first kappa shape index (κ1) is 17.3. The van der Waals surface area contributed by atoms with Gasteiger partial charge in [-0.15, -0.1) is 0 Å². The van der Waals surface area contributed by atoms with E-state index >= 15 is 0 Å². The Morgan fingerprint density at radius 3 is 2.57 bits per heavy atom. The second-order valence-corrected chi connectivity index (χ2v) is 6.13. The van der Waals surface area contributed by atoms with E-state index in [9.17, 15) is 4.79 Å². The van der Waals surface area contributed by atoms with Crippen molar-refractivity contribution in [3.05, 3.63) is 58.1 Å². The van der Waals surface area contributed by atoms with E-state index in [4.69, 9.17) is 9.47 Å². The fourth-order valence-corrected chi connectivity index (χ4v) is 2.21. The molecule has 1 amide bonds. The second kappa shape index (κ2) is 8.58. The highest BCUT2D eigenvalue weighted by atomic mass is 79.9. The average Bonchev–Trinajstić information content (AvgIpc) is 2.54. The maximum absolute atomic E-state index is 11.7. The summed E-state index contributed by atoms with van der Waals surface area (Å²) in [6.07, 6.45) is 0. The fourth-order valence-electron chi connectivity index (χ4n) is 1.94. The molecule has 0 spiro atoms. The van der Waals surface area contributed by atoms with E-state index in [1.807, 2.05) is 44.2 Å². The van der Waals surface area contributed by atoms with Crippen molar-refractivity contribution in [2.45, 2.75) is 13.8 Å². The lowest BCUT2D eigenvalue weighted by Crippen LogP contribution is -2.32. The minimum Gasteiger partial charge on any atom is -0.491 e. The summed E-state index contributed by atoms with van der Waals surface area (Å²) in [6, 6.07) is 13.4. The third kappa shape index (κ3) is 5.94. The molecule has 0 aliphatic carbocycles. The standard InChI is InChI=1S/C18H20BrNO3/c1-13-3-4-14(2)17(11-13)22-10-9-20-18(21)12-23-16-7-5-15(19)6-8-16/h3-8,11H,9-10,12H2,1-2H3,(H,20,21). The Hall–Kier alpha value is -2.01. The van der Waals surface area contributed by atoms with Crippen LogP contribution < -0.4 is 14.8 Å². The molecule has 2 aromatic carbocycles. The van der Waals surface area contributed by atoms with Crippen molar-refractivity contribution >= 4 is 21.8 Å². The summed E-state index contributed by atoms with van der Waals surface area (Å²) in [4.78, 5) is 11.7. The van der Waals surface area contributed by atoms with Crippen LogP contribution in [0.25, 0.3) is 0 Å². The number of benzene rings is 2. The Kier molecular flexibility index (Phi) is 6.47. The van der Waals surface area contributed by atoms with Gasteiger partial charge >= 0.3 is 0 Å². The van der Waals surface area contributed by atoms with Crippen molar-refractivity contribution in [3.63, 3.8) is 0 Å². The van der Waals surface area contributed by atoms with E-state index in [0.717, 1.165) is 21.3 Å². The number of halogens is 1. The van der Waals surface area contributed by atoms with Gasteiger partial charge in [0.05, 0.1) is 6.54 Å². The molecule has 1 N–H and O–H groups in total. The van der Waals surface area contributed by atoms with Crippen molar-refractivity contribution in [2.24, 2.45) is 0 Å². The van der Waals surface area contributed by atoms with E-state index < -0.39 is 0 Å². The molecule has 2 rings (SSSR count). The summed E-state index contributed by atoms with van der Waals surface area (Å²) >= 11 is 3.35. The Bertz CT molecular complexity index is 656. The molecule has 0 saturated carbocycles. The lowest BCUT2D eigenvalue weighted by molar-refractivity contribution is -0.123. The van der Waals surface area contributed by atoms with Gasteiger partial charge in [-0.3, -0.25) is 4.79 Å². The predicted octanol–water partition coefficient (Wildman–Crippen LogP) is 3.64. The summed E-state index contributed by atoms with van der Waals surface area (Å²) in [5, 5.41) is 2.77. The van der Waals surface area contributed by atoms with Gasteiger partial charge in [-0.05, 0) is 55.3 Å². The Balaban J connectivity index is 1.66. The van der Waals surface area contributed by atoms with Crippen molar-refractivity contribution in [2.75, 3.05) is 19.8 Å². The van der Waals surface area contributed by atoms with E-state index in [0.29, 0.717) is 18.9 Å². The lowest BCUT2D eigenvalue weighted by atomic mass is 10.1. The molecular weight excluding hydrogens is 358 g/mol. The van der Waals surface area contributed by atoms with Crippen LogP contribution in [0.1, 0.15) is 11.1 Å². The van der Waals surface area contributed by atoms with Crippen LogP contribution in [0.4, 0.5) is 0 Å². The minimum atomic E-state index is -0.169. The number of rotatable bonds is 7. The molecule has 0 saturated heterocycles. The molecule has 0 aliphatic rings. The van der Waals surface area contributed by atoms with Gasteiger partial charge in [0.1, 0.15) is 18.1 Å². The predicted molar refractivity (Wildman–Crippen MR) is 94.1 cm³/mol. The van der Waals surface area contributed by atoms with Crippen molar-refractivity contribution < 1.29 is 14.3 Å². The number of carbonyl (C=O) groups is 1. The first-order valence-electron chi connectivity index (χ1n) is 7.40. The zero-order valence-electron chi connectivity index (χ0n) is 13.3. The Morgan fingerprint density at radius 2 is 1.83 bits per heavy atom. The summed E-state index contributed by atoms with van der Waals surface area (Å²) in [5.74, 6) is 1.35. The van der Waals surface area contributed by atoms with Gasteiger partial charge in [0, 0.05) is 4.47 Å². The highest BCUT2D eigenvalue weighted by Crippen LogP contribution is 2.18. The molecule has 122 valence electrons. The van der Waals surface area contributed by atoms with Crippen LogP contribution in [0.5, 0.6) is 11.5 Å². The smallest absolute Gasteiger partial charge is 0.258 e. The zero-order valence-corrected chi connectivity index (χ0v) is 14.9. The highest BCUT2D eigenvalue weighted by Gasteiger charge is 2.03. The average molecular weight is 378 g/mol. The topological polar surface area (TPSA) is 47.6 Å². The number of ether oxygens (including phenoxy) is 2. The molecule has 0 unspecified atom stereocenters. The molecular formula is C18H20BrNO3. The normalized spacial score (nSPS) is 10.2. The molecule has 23 heavy (non-hydrogen) atoms. The number of carbonyl (C=O) groups excluding carboxylic acids is 1. The van der Waals surface area contributed by atoms with Gasteiger partial charge in [0.2, 0.25) is 0 Å². The van der Waals surface area contributed by atoms with E-state index in [1.54, 1.807) is 12.1 Å². The number of hydrogen-bond donors (Lipinski definition) is 1. The fraction of sp³-hybridized carbons (Fsp3) is 0.278. The molecule has 2 aromatic rings. The molecule has 0 heterocycles. The van der Waals surface area contributed by atoms with Gasteiger partial charge in [-0.2, -0.15) is 0 Å². The lowest BCUT2D eigenvalue weighted by Gasteiger charge is -2.11. The van der Waals surface area contributed by atoms with Crippen LogP contribution in [0, 0.1) is 13.8 Å². The molecule has 0 atom stereocenters. The molecule has 0 fully saturated rings. The van der Waals surface area contributed by atoms with Crippen LogP contribution in [0.3, 0.4) is 0 Å². The van der Waals surface area contributed by atoms with E-state index in [2.05, 4.69) is 21.2 Å². The number of nitrogens with one attached hydrogen (secondary N) is 1. The van der Waals surface area contributed by atoms with Crippen molar-refractivity contribution in [1.82, 2.24) is 5.32 Å². The van der Waals surface area contributed by atoms with Crippen LogP contribution in [-0.4, -0.2) is 25.7 Å². The maximum atomic E-state index is 11.7. The SMILES string of the molecule is Cc1ccc(C)c(OCCNC(=O)COc2ccc(Br)cc2)c1. The maximum Gasteiger partial charge on any atom is 0.258 e. The first-order valence-corrected chi connectivity index (χ1v) is 8.19. The monoisotopic (exact) mass is 377 g/mol. The van der Waals surface area contributed by atoms with Gasteiger partial charge < -0.3 is 14.8 Å². The van der Waals surface area contributed by atoms with Crippen LogP contribution in [0.15, 0.2) is 46.9 Å². The summed E-state index contributed by atoms with van der Waals surface area (Å²) in [6.45, 7) is 4.88. The molecule has 0 aliphatic heterocycles. The zero-order chi connectivity index (χ0) is 16.7. The van der Waals surface area contributed by atoms with Gasteiger partial charge in [0.15, 0.2) is 6.61 Å². The van der Waals surface area contributed by atoms with Crippen molar-refractivity contribution in [1.29, 1.82) is 0 Å². The van der Waals surface area contributed by atoms with Crippen molar-refractivity contribution in [3.8, 4) is 11.5 Å². The molecule has 0 aromatic heterocycles. The summed E-state index contributed by atoms with van der Waals surface area (Å²) in [7, 11) is 0. The minimum absolute atomic E-state index is 0.00882. The molecule has 5 heteroatoms. The Morgan fingerprint density at radius 1 is 1.09 bits per heavy atom. The largest absolute Gasteiger partial charge is 0.491 e. The summed E-state index contributed by atoms with van der Waals surface area (Å²) < 4.78 is 12.1. The number of aryl methyl sites for hydroxylation is 2. The molecule has 4 nitrogen and oxygen atoms in total. The number of hydrogen-bond acceptors (Lipinski definition) is 3. The van der Waals surface area contributed by atoms with E-state index in [-0.39, 0.29) is 12.5 Å². The van der Waals surface area contributed by atoms with Crippen LogP contribution >= 0.6 is 15.9 Å². The van der Waals surface area contributed by atoms with Crippen LogP contribution in [0.2, 0.25) is 0 Å².